The Balaban J connectivity index is 1.52. The topological polar surface area (TPSA) is 32.8 Å². The number of piperidine rings is 1. The van der Waals surface area contributed by atoms with E-state index in [-0.39, 0.29) is 5.41 Å². The number of hydrogen-bond acceptors (Lipinski definition) is 3. The molecular weight excluding hydrogens is 312 g/mol. The molecule has 4 nitrogen and oxygen atoms in total. The maximum absolute atomic E-state index is 12.2. The smallest absolute Gasteiger partial charge is 0.223 e. The second-order valence-corrected chi connectivity index (χ2v) is 7.32. The van der Waals surface area contributed by atoms with Gasteiger partial charge in [0.2, 0.25) is 5.91 Å². The molecule has 1 aromatic carbocycles. The standard InChI is InChI=1S/C18H25ClN2O2/c1-23-11-10-21-14-18(12-17(21)22)6-8-20(9-7-18)13-15-2-4-16(19)5-3-15/h2-5H,6-14H2,1H3. The third-order valence-electron chi connectivity index (χ3n) is 5.21. The van der Waals surface area contributed by atoms with Crippen molar-refractivity contribution in [3.63, 3.8) is 0 Å². The highest BCUT2D eigenvalue weighted by molar-refractivity contribution is 6.30. The minimum absolute atomic E-state index is 0.196. The first-order chi connectivity index (χ1) is 11.1. The second kappa shape index (κ2) is 7.20. The molecular formula is C18H25ClN2O2. The summed E-state index contributed by atoms with van der Waals surface area (Å²) in [5.74, 6) is 0.299. The first-order valence-electron chi connectivity index (χ1n) is 8.34. The maximum atomic E-state index is 12.2. The van der Waals surface area contributed by atoms with Crippen LogP contribution < -0.4 is 0 Å². The largest absolute Gasteiger partial charge is 0.383 e. The molecule has 2 aliphatic rings. The molecule has 0 aliphatic carbocycles. The molecule has 1 amide bonds. The Hall–Kier alpha value is -1.10. The molecule has 0 bridgehead atoms. The molecule has 2 fully saturated rings. The summed E-state index contributed by atoms with van der Waals surface area (Å²) < 4.78 is 5.11. The van der Waals surface area contributed by atoms with Gasteiger partial charge in [0.1, 0.15) is 0 Å². The van der Waals surface area contributed by atoms with Gasteiger partial charge in [0.25, 0.3) is 0 Å². The summed E-state index contributed by atoms with van der Waals surface area (Å²) in [5.41, 5.74) is 1.50. The molecule has 2 saturated heterocycles. The molecule has 5 heteroatoms. The van der Waals surface area contributed by atoms with E-state index in [1.165, 1.54) is 5.56 Å². The highest BCUT2D eigenvalue weighted by Gasteiger charge is 2.44. The Morgan fingerprint density at radius 3 is 2.57 bits per heavy atom. The minimum atomic E-state index is 0.196. The molecule has 0 aromatic heterocycles. The maximum Gasteiger partial charge on any atom is 0.223 e. The fourth-order valence-electron chi connectivity index (χ4n) is 3.76. The molecule has 2 aliphatic heterocycles. The lowest BCUT2D eigenvalue weighted by Crippen LogP contribution is -2.41. The van der Waals surface area contributed by atoms with E-state index in [0.717, 1.165) is 50.6 Å². The third kappa shape index (κ3) is 4.06. The number of benzene rings is 1. The Bertz CT molecular complexity index is 538. The van der Waals surface area contributed by atoms with Crippen LogP contribution in [-0.4, -0.2) is 55.6 Å². The number of halogens is 1. The van der Waals surface area contributed by atoms with E-state index < -0.39 is 0 Å². The van der Waals surface area contributed by atoms with Crippen molar-refractivity contribution < 1.29 is 9.53 Å². The van der Waals surface area contributed by atoms with Crippen molar-refractivity contribution in [2.75, 3.05) is 39.9 Å². The molecule has 0 atom stereocenters. The normalized spacial score (nSPS) is 21.3. The quantitative estimate of drug-likeness (QED) is 0.829. The summed E-state index contributed by atoms with van der Waals surface area (Å²) in [6.45, 7) is 5.36. The van der Waals surface area contributed by atoms with E-state index in [1.54, 1.807) is 7.11 Å². The van der Waals surface area contributed by atoms with Crippen LogP contribution in [0.15, 0.2) is 24.3 Å². The number of ether oxygens (including phenoxy) is 1. The Morgan fingerprint density at radius 2 is 1.91 bits per heavy atom. The first-order valence-corrected chi connectivity index (χ1v) is 8.72. The Morgan fingerprint density at radius 1 is 1.22 bits per heavy atom. The Labute approximate surface area is 143 Å². The van der Waals surface area contributed by atoms with Gasteiger partial charge in [-0.15, -0.1) is 0 Å². The van der Waals surface area contributed by atoms with Crippen LogP contribution in [0.4, 0.5) is 0 Å². The molecule has 3 rings (SSSR count). The SMILES string of the molecule is COCCN1CC2(CCN(Cc3ccc(Cl)cc3)CC2)CC1=O. The molecule has 126 valence electrons. The number of carbonyl (C=O) groups is 1. The van der Waals surface area contributed by atoms with Crippen LogP contribution in [0.25, 0.3) is 0 Å². The Kier molecular flexibility index (Phi) is 5.24. The lowest BCUT2D eigenvalue weighted by molar-refractivity contribution is -0.128. The number of likely N-dealkylation sites (tertiary alicyclic amines) is 2. The molecule has 0 N–H and O–H groups in total. The van der Waals surface area contributed by atoms with E-state index in [4.69, 9.17) is 16.3 Å². The summed E-state index contributed by atoms with van der Waals surface area (Å²) >= 11 is 5.94. The predicted molar refractivity (Wildman–Crippen MR) is 91.5 cm³/mol. The summed E-state index contributed by atoms with van der Waals surface area (Å²) in [6.07, 6.45) is 2.93. The van der Waals surface area contributed by atoms with Gasteiger partial charge in [-0.1, -0.05) is 23.7 Å². The van der Waals surface area contributed by atoms with Gasteiger partial charge in [-0.3, -0.25) is 9.69 Å². The zero-order valence-electron chi connectivity index (χ0n) is 13.8. The zero-order chi connectivity index (χ0) is 16.3. The number of amides is 1. The number of rotatable bonds is 5. The van der Waals surface area contributed by atoms with Gasteiger partial charge in [0, 0.05) is 38.2 Å². The molecule has 1 spiro atoms. The van der Waals surface area contributed by atoms with Crippen molar-refractivity contribution in [1.82, 2.24) is 9.80 Å². The summed E-state index contributed by atoms with van der Waals surface area (Å²) in [4.78, 5) is 16.7. The fourth-order valence-corrected chi connectivity index (χ4v) is 3.88. The van der Waals surface area contributed by atoms with Crippen molar-refractivity contribution in [2.24, 2.45) is 5.41 Å². The zero-order valence-corrected chi connectivity index (χ0v) is 14.5. The number of carbonyl (C=O) groups excluding carboxylic acids is 1. The van der Waals surface area contributed by atoms with Crippen LogP contribution in [0.5, 0.6) is 0 Å². The van der Waals surface area contributed by atoms with Crippen molar-refractivity contribution in [1.29, 1.82) is 0 Å². The van der Waals surface area contributed by atoms with Gasteiger partial charge in [0.05, 0.1) is 6.61 Å². The monoisotopic (exact) mass is 336 g/mol. The molecule has 2 heterocycles. The number of nitrogens with zero attached hydrogens (tertiary/aromatic N) is 2. The number of hydrogen-bond donors (Lipinski definition) is 0. The molecule has 0 unspecified atom stereocenters. The first kappa shape index (κ1) is 16.7. The number of methoxy groups -OCH3 is 1. The molecule has 0 radical (unpaired) electrons. The molecule has 1 aromatic rings. The van der Waals surface area contributed by atoms with Gasteiger partial charge in [0.15, 0.2) is 0 Å². The van der Waals surface area contributed by atoms with Gasteiger partial charge in [-0.25, -0.2) is 0 Å². The van der Waals surface area contributed by atoms with E-state index >= 15 is 0 Å². The lowest BCUT2D eigenvalue weighted by atomic mass is 9.77. The van der Waals surface area contributed by atoms with Crippen molar-refractivity contribution in [3.05, 3.63) is 34.9 Å². The van der Waals surface area contributed by atoms with Crippen LogP contribution in [0.2, 0.25) is 5.02 Å². The molecule has 23 heavy (non-hydrogen) atoms. The van der Waals surface area contributed by atoms with Gasteiger partial charge < -0.3 is 9.64 Å². The highest BCUT2D eigenvalue weighted by Crippen LogP contribution is 2.41. The average Bonchev–Trinajstić information content (AvgIpc) is 2.86. The van der Waals surface area contributed by atoms with Gasteiger partial charge in [-0.05, 0) is 49.0 Å². The van der Waals surface area contributed by atoms with Crippen LogP contribution in [0.3, 0.4) is 0 Å². The fraction of sp³-hybridized carbons (Fsp3) is 0.611. The minimum Gasteiger partial charge on any atom is -0.383 e. The van der Waals surface area contributed by atoms with Crippen molar-refractivity contribution >= 4 is 17.5 Å². The molecule has 0 saturated carbocycles. The average molecular weight is 337 g/mol. The third-order valence-corrected chi connectivity index (χ3v) is 5.46. The van der Waals surface area contributed by atoms with Crippen LogP contribution >= 0.6 is 11.6 Å². The lowest BCUT2D eigenvalue weighted by Gasteiger charge is -2.38. The van der Waals surface area contributed by atoms with Crippen molar-refractivity contribution in [2.45, 2.75) is 25.8 Å². The predicted octanol–water partition coefficient (Wildman–Crippen LogP) is 2.80. The van der Waals surface area contributed by atoms with E-state index in [9.17, 15) is 4.79 Å². The van der Waals surface area contributed by atoms with E-state index in [0.29, 0.717) is 18.9 Å². The summed E-state index contributed by atoms with van der Waals surface area (Å²) in [6, 6.07) is 8.09. The highest BCUT2D eigenvalue weighted by atomic mass is 35.5. The second-order valence-electron chi connectivity index (χ2n) is 6.89. The van der Waals surface area contributed by atoms with Crippen molar-refractivity contribution in [3.8, 4) is 0 Å². The summed E-state index contributed by atoms with van der Waals surface area (Å²) in [5, 5.41) is 0.784. The van der Waals surface area contributed by atoms with Gasteiger partial charge in [-0.2, -0.15) is 0 Å². The van der Waals surface area contributed by atoms with E-state index in [2.05, 4.69) is 17.0 Å². The van der Waals surface area contributed by atoms with Gasteiger partial charge >= 0.3 is 0 Å². The van der Waals surface area contributed by atoms with Crippen LogP contribution in [0.1, 0.15) is 24.8 Å². The van der Waals surface area contributed by atoms with Crippen LogP contribution in [0, 0.1) is 5.41 Å². The summed E-state index contributed by atoms with van der Waals surface area (Å²) in [7, 11) is 1.69. The van der Waals surface area contributed by atoms with Crippen LogP contribution in [-0.2, 0) is 16.1 Å². The van der Waals surface area contributed by atoms with E-state index in [1.807, 2.05) is 17.0 Å².